The van der Waals surface area contributed by atoms with E-state index in [0.29, 0.717) is 11.5 Å². The van der Waals surface area contributed by atoms with Gasteiger partial charge in [0, 0.05) is 37.0 Å². The van der Waals surface area contributed by atoms with Gasteiger partial charge in [-0.1, -0.05) is 12.1 Å². The lowest BCUT2D eigenvalue weighted by molar-refractivity contribution is 0.145. The Hall–Kier alpha value is -1.46. The zero-order valence-electron chi connectivity index (χ0n) is 11.0. The molecule has 5 heteroatoms. The van der Waals surface area contributed by atoms with Gasteiger partial charge in [0.15, 0.2) is 5.58 Å². The fraction of sp³-hybridized carbons (Fsp3) is 0.500. The van der Waals surface area contributed by atoms with Gasteiger partial charge in [0.2, 0.25) is 0 Å². The smallest absolute Gasteiger partial charge is 0.170 e. The number of halogens is 1. The standard InChI is InChI=1S/C14H18FN3O/c1-2-16-18-7-5-10(6-8-18)14-12-4-3-11(15)9-13(12)19-17-14/h3-4,9-10,16H,2,5-8H2,1H3. The lowest BCUT2D eigenvalue weighted by atomic mass is 9.92. The van der Waals surface area contributed by atoms with Crippen LogP contribution in [0.5, 0.6) is 0 Å². The second kappa shape index (κ2) is 5.27. The van der Waals surface area contributed by atoms with Crippen molar-refractivity contribution < 1.29 is 8.91 Å². The maximum Gasteiger partial charge on any atom is 0.170 e. The average molecular weight is 263 g/mol. The van der Waals surface area contributed by atoms with Gasteiger partial charge >= 0.3 is 0 Å². The lowest BCUT2D eigenvalue weighted by Crippen LogP contribution is -2.43. The Morgan fingerprint density at radius 3 is 2.95 bits per heavy atom. The van der Waals surface area contributed by atoms with E-state index in [1.165, 1.54) is 12.1 Å². The molecule has 2 aromatic rings. The summed E-state index contributed by atoms with van der Waals surface area (Å²) in [7, 11) is 0. The number of piperidine rings is 1. The normalized spacial score (nSPS) is 18.2. The van der Waals surface area contributed by atoms with Gasteiger partial charge in [0.05, 0.1) is 5.69 Å². The average Bonchev–Trinajstić information content (AvgIpc) is 2.83. The SMILES string of the molecule is CCNN1CCC(c2noc3cc(F)ccc23)CC1. The summed E-state index contributed by atoms with van der Waals surface area (Å²) in [6, 6.07) is 4.64. The van der Waals surface area contributed by atoms with Crippen LogP contribution >= 0.6 is 0 Å². The summed E-state index contributed by atoms with van der Waals surface area (Å²) in [5.74, 6) is 0.124. The van der Waals surface area contributed by atoms with Crippen molar-refractivity contribution in [1.82, 2.24) is 15.6 Å². The minimum Gasteiger partial charge on any atom is -0.356 e. The Morgan fingerprint density at radius 2 is 2.21 bits per heavy atom. The fourth-order valence-electron chi connectivity index (χ4n) is 2.76. The van der Waals surface area contributed by atoms with Crippen molar-refractivity contribution in [2.45, 2.75) is 25.7 Å². The van der Waals surface area contributed by atoms with Crippen molar-refractivity contribution in [1.29, 1.82) is 0 Å². The molecule has 1 saturated heterocycles. The highest BCUT2D eigenvalue weighted by Gasteiger charge is 2.24. The molecular weight excluding hydrogens is 245 g/mol. The Labute approximate surface area is 111 Å². The minimum atomic E-state index is -0.280. The molecule has 0 unspecified atom stereocenters. The van der Waals surface area contributed by atoms with Crippen LogP contribution in [-0.2, 0) is 0 Å². The van der Waals surface area contributed by atoms with Crippen LogP contribution < -0.4 is 5.43 Å². The molecule has 0 aliphatic carbocycles. The molecule has 1 aromatic carbocycles. The van der Waals surface area contributed by atoms with Gasteiger partial charge in [0.25, 0.3) is 0 Å². The second-order valence-electron chi connectivity index (χ2n) is 4.98. The van der Waals surface area contributed by atoms with E-state index in [-0.39, 0.29) is 5.82 Å². The molecule has 0 amide bonds. The first-order chi connectivity index (χ1) is 9.28. The number of fused-ring (bicyclic) bond motifs is 1. The van der Waals surface area contributed by atoms with E-state index in [1.54, 1.807) is 6.07 Å². The summed E-state index contributed by atoms with van der Waals surface area (Å²) in [5, 5.41) is 7.35. The quantitative estimate of drug-likeness (QED) is 0.924. The number of nitrogens with zero attached hydrogens (tertiary/aromatic N) is 2. The summed E-state index contributed by atoms with van der Waals surface area (Å²) in [4.78, 5) is 0. The van der Waals surface area contributed by atoms with Gasteiger partial charge in [-0.2, -0.15) is 0 Å². The Morgan fingerprint density at radius 1 is 1.42 bits per heavy atom. The van der Waals surface area contributed by atoms with E-state index < -0.39 is 0 Å². The van der Waals surface area contributed by atoms with Gasteiger partial charge in [-0.05, 0) is 25.0 Å². The molecule has 3 rings (SSSR count). The summed E-state index contributed by atoms with van der Waals surface area (Å²) < 4.78 is 18.4. The van der Waals surface area contributed by atoms with Crippen molar-refractivity contribution in [3.05, 3.63) is 29.7 Å². The van der Waals surface area contributed by atoms with Gasteiger partial charge in [-0.3, -0.25) is 5.43 Å². The first-order valence-corrected chi connectivity index (χ1v) is 6.81. The molecule has 2 heterocycles. The van der Waals surface area contributed by atoms with Crippen LogP contribution in [0.25, 0.3) is 11.0 Å². The number of benzene rings is 1. The van der Waals surface area contributed by atoms with Crippen molar-refractivity contribution in [2.75, 3.05) is 19.6 Å². The third kappa shape index (κ3) is 2.48. The Balaban J connectivity index is 1.78. The maximum absolute atomic E-state index is 13.1. The van der Waals surface area contributed by atoms with E-state index in [0.717, 1.165) is 43.6 Å². The first-order valence-electron chi connectivity index (χ1n) is 6.81. The first kappa shape index (κ1) is 12.6. The summed E-state index contributed by atoms with van der Waals surface area (Å²) >= 11 is 0. The van der Waals surface area contributed by atoms with Crippen LogP contribution in [0.2, 0.25) is 0 Å². The van der Waals surface area contributed by atoms with Crippen molar-refractivity contribution in [3.8, 4) is 0 Å². The molecule has 1 aromatic heterocycles. The topological polar surface area (TPSA) is 41.3 Å². The van der Waals surface area contributed by atoms with Crippen molar-refractivity contribution >= 4 is 11.0 Å². The van der Waals surface area contributed by atoms with E-state index in [1.807, 2.05) is 0 Å². The van der Waals surface area contributed by atoms with Crippen molar-refractivity contribution in [2.24, 2.45) is 0 Å². The maximum atomic E-state index is 13.1. The highest BCUT2D eigenvalue weighted by atomic mass is 19.1. The number of aromatic nitrogens is 1. The molecule has 0 spiro atoms. The predicted octanol–water partition coefficient (Wildman–Crippen LogP) is 2.67. The van der Waals surface area contributed by atoms with Gasteiger partial charge < -0.3 is 4.52 Å². The number of nitrogens with one attached hydrogen (secondary N) is 1. The van der Waals surface area contributed by atoms with Gasteiger partial charge in [0.1, 0.15) is 5.82 Å². The monoisotopic (exact) mass is 263 g/mol. The summed E-state index contributed by atoms with van der Waals surface area (Å²) in [6.07, 6.45) is 2.10. The lowest BCUT2D eigenvalue weighted by Gasteiger charge is -2.31. The molecule has 0 radical (unpaired) electrons. The molecule has 4 nitrogen and oxygen atoms in total. The van der Waals surface area contributed by atoms with E-state index in [9.17, 15) is 4.39 Å². The molecule has 1 N–H and O–H groups in total. The largest absolute Gasteiger partial charge is 0.356 e. The molecule has 1 aliphatic rings. The van der Waals surface area contributed by atoms with Crippen LogP contribution in [0.4, 0.5) is 4.39 Å². The number of hydrogen-bond donors (Lipinski definition) is 1. The second-order valence-corrected chi connectivity index (χ2v) is 4.98. The predicted molar refractivity (Wildman–Crippen MR) is 71.2 cm³/mol. The third-order valence-electron chi connectivity index (χ3n) is 3.73. The van der Waals surface area contributed by atoms with Gasteiger partial charge in [-0.15, -0.1) is 0 Å². The minimum absolute atomic E-state index is 0.280. The molecule has 0 saturated carbocycles. The zero-order valence-corrected chi connectivity index (χ0v) is 11.0. The van der Waals surface area contributed by atoms with E-state index in [4.69, 9.17) is 4.52 Å². The van der Waals surface area contributed by atoms with Crippen LogP contribution in [0, 0.1) is 5.82 Å². The number of hydrazine groups is 1. The number of rotatable bonds is 3. The third-order valence-corrected chi connectivity index (χ3v) is 3.73. The Kier molecular flexibility index (Phi) is 3.48. The van der Waals surface area contributed by atoms with Crippen LogP contribution in [0.3, 0.4) is 0 Å². The van der Waals surface area contributed by atoms with Crippen LogP contribution in [0.1, 0.15) is 31.4 Å². The molecule has 102 valence electrons. The summed E-state index contributed by atoms with van der Waals surface area (Å²) in [5.41, 5.74) is 4.86. The summed E-state index contributed by atoms with van der Waals surface area (Å²) in [6.45, 7) is 5.07. The highest BCUT2D eigenvalue weighted by Crippen LogP contribution is 2.32. The van der Waals surface area contributed by atoms with E-state index in [2.05, 4.69) is 22.5 Å². The molecule has 19 heavy (non-hydrogen) atoms. The molecule has 0 atom stereocenters. The van der Waals surface area contributed by atoms with Crippen molar-refractivity contribution in [3.63, 3.8) is 0 Å². The van der Waals surface area contributed by atoms with Crippen LogP contribution in [-0.4, -0.2) is 29.8 Å². The highest BCUT2D eigenvalue weighted by molar-refractivity contribution is 5.79. The molecule has 1 fully saturated rings. The number of hydrogen-bond acceptors (Lipinski definition) is 4. The molecule has 1 aliphatic heterocycles. The molecule has 0 bridgehead atoms. The Bertz CT molecular complexity index is 561. The zero-order chi connectivity index (χ0) is 13.2. The van der Waals surface area contributed by atoms with E-state index >= 15 is 0 Å². The van der Waals surface area contributed by atoms with Gasteiger partial charge in [-0.25, -0.2) is 9.40 Å². The molecular formula is C14H18FN3O. The fourth-order valence-corrected chi connectivity index (χ4v) is 2.76. The van der Waals surface area contributed by atoms with Crippen LogP contribution in [0.15, 0.2) is 22.7 Å².